The zero-order valence-corrected chi connectivity index (χ0v) is 20.0. The number of rotatable bonds is 6. The van der Waals surface area contributed by atoms with Gasteiger partial charge in [-0.2, -0.15) is 0 Å². The van der Waals surface area contributed by atoms with Crippen LogP contribution in [0.2, 0.25) is 0 Å². The molecule has 0 fully saturated rings. The number of aromatic nitrogens is 1. The van der Waals surface area contributed by atoms with Crippen LogP contribution in [0.3, 0.4) is 0 Å². The predicted molar refractivity (Wildman–Crippen MR) is 121 cm³/mol. The first-order valence-electron chi connectivity index (χ1n) is 8.71. The molecule has 27 heavy (non-hydrogen) atoms. The van der Waals surface area contributed by atoms with Crippen LogP contribution in [0.25, 0.3) is 0 Å². The van der Waals surface area contributed by atoms with E-state index >= 15 is 0 Å². The standard InChI is InChI=1S/C19H26BrFN4O.HI/c1-5-22-18(23-9-8-13-6-7-15(21)14(20)10-13)25-12-17-24-11-16(26-17)19(2,3)4;/h6-7,10-11H,5,8-9,12H2,1-4H3,(H2,22,23,25);1H. The van der Waals surface area contributed by atoms with Crippen molar-refractivity contribution in [1.82, 2.24) is 15.6 Å². The number of nitrogens with zero attached hydrogens (tertiary/aromatic N) is 2. The minimum Gasteiger partial charge on any atom is -0.443 e. The molecule has 2 N–H and O–H groups in total. The second-order valence-corrected chi connectivity index (χ2v) is 7.84. The normalized spacial score (nSPS) is 11.9. The minimum absolute atomic E-state index is 0. The van der Waals surface area contributed by atoms with Crippen molar-refractivity contribution in [2.75, 3.05) is 13.1 Å². The Kier molecular flexibility index (Phi) is 9.72. The number of benzene rings is 1. The number of oxazole rings is 1. The highest BCUT2D eigenvalue weighted by molar-refractivity contribution is 14.0. The molecule has 0 saturated carbocycles. The zero-order valence-electron chi connectivity index (χ0n) is 16.1. The summed E-state index contributed by atoms with van der Waals surface area (Å²) in [6, 6.07) is 5.04. The Morgan fingerprint density at radius 2 is 2.04 bits per heavy atom. The van der Waals surface area contributed by atoms with Gasteiger partial charge in [0.2, 0.25) is 5.89 Å². The van der Waals surface area contributed by atoms with Crippen LogP contribution in [0.15, 0.2) is 38.3 Å². The van der Waals surface area contributed by atoms with Crippen LogP contribution in [-0.2, 0) is 18.4 Å². The maximum atomic E-state index is 13.3. The second kappa shape index (κ2) is 11.0. The highest BCUT2D eigenvalue weighted by Gasteiger charge is 2.19. The molecule has 0 atom stereocenters. The van der Waals surface area contributed by atoms with Gasteiger partial charge in [-0.3, -0.25) is 0 Å². The SMILES string of the molecule is CCNC(=NCc1ncc(C(C)(C)C)o1)NCCc1ccc(F)c(Br)c1.I. The molecule has 5 nitrogen and oxygen atoms in total. The first kappa shape index (κ1) is 23.9. The molecule has 0 spiro atoms. The number of halogens is 3. The van der Waals surface area contributed by atoms with Crippen LogP contribution in [0, 0.1) is 5.82 Å². The molecule has 0 bridgehead atoms. The third-order valence-electron chi connectivity index (χ3n) is 3.70. The summed E-state index contributed by atoms with van der Waals surface area (Å²) in [7, 11) is 0. The number of nitrogens with one attached hydrogen (secondary N) is 2. The lowest BCUT2D eigenvalue weighted by Crippen LogP contribution is -2.38. The number of guanidine groups is 1. The fourth-order valence-corrected chi connectivity index (χ4v) is 2.67. The van der Waals surface area contributed by atoms with Crippen LogP contribution in [0.5, 0.6) is 0 Å². The predicted octanol–water partition coefficient (Wildman–Crippen LogP) is 4.79. The van der Waals surface area contributed by atoms with Crippen LogP contribution in [0.1, 0.15) is 44.9 Å². The summed E-state index contributed by atoms with van der Waals surface area (Å²) in [4.78, 5) is 8.80. The number of hydrogen-bond acceptors (Lipinski definition) is 3. The molecular weight excluding hydrogens is 526 g/mol. The summed E-state index contributed by atoms with van der Waals surface area (Å²) in [6.45, 7) is 10.1. The first-order chi connectivity index (χ1) is 12.3. The van der Waals surface area contributed by atoms with E-state index in [1.165, 1.54) is 6.07 Å². The molecule has 0 aliphatic rings. The van der Waals surface area contributed by atoms with Crippen LogP contribution >= 0.6 is 39.9 Å². The lowest BCUT2D eigenvalue weighted by atomic mass is 9.94. The van der Waals surface area contributed by atoms with E-state index in [1.807, 2.05) is 6.92 Å². The molecular formula is C19H27BrFIN4O. The van der Waals surface area contributed by atoms with E-state index in [0.29, 0.717) is 29.4 Å². The molecule has 0 amide bonds. The molecule has 1 aromatic heterocycles. The molecule has 2 aromatic rings. The van der Waals surface area contributed by atoms with Gasteiger partial charge in [-0.1, -0.05) is 26.8 Å². The van der Waals surface area contributed by atoms with Gasteiger partial charge in [-0.05, 0) is 47.0 Å². The smallest absolute Gasteiger partial charge is 0.216 e. The Hall–Kier alpha value is -1.16. The Balaban J connectivity index is 0.00000364. The molecule has 1 heterocycles. The Morgan fingerprint density at radius 1 is 1.30 bits per heavy atom. The Morgan fingerprint density at radius 3 is 2.63 bits per heavy atom. The monoisotopic (exact) mass is 552 g/mol. The first-order valence-corrected chi connectivity index (χ1v) is 9.50. The van der Waals surface area contributed by atoms with E-state index in [-0.39, 0.29) is 35.2 Å². The lowest BCUT2D eigenvalue weighted by Gasteiger charge is -2.13. The molecule has 0 saturated heterocycles. The van der Waals surface area contributed by atoms with Gasteiger partial charge in [0, 0.05) is 18.5 Å². The quantitative estimate of drug-likeness (QED) is 0.307. The summed E-state index contributed by atoms with van der Waals surface area (Å²) in [5.41, 5.74) is 0.977. The molecule has 1 aromatic carbocycles. The van der Waals surface area contributed by atoms with Crippen LogP contribution in [0.4, 0.5) is 4.39 Å². The summed E-state index contributed by atoms with van der Waals surface area (Å²) in [6.07, 6.45) is 2.52. The third kappa shape index (κ3) is 7.77. The van der Waals surface area contributed by atoms with Gasteiger partial charge in [0.1, 0.15) is 18.1 Å². The van der Waals surface area contributed by atoms with Crippen molar-refractivity contribution in [3.8, 4) is 0 Å². The minimum atomic E-state index is -0.253. The Bertz CT molecular complexity index is 758. The fraction of sp³-hybridized carbons (Fsp3) is 0.474. The van der Waals surface area contributed by atoms with E-state index in [2.05, 4.69) is 57.3 Å². The Labute approximate surface area is 185 Å². The maximum Gasteiger partial charge on any atom is 0.216 e. The molecule has 8 heteroatoms. The van der Waals surface area contributed by atoms with Gasteiger partial charge in [-0.15, -0.1) is 24.0 Å². The average Bonchev–Trinajstić information content (AvgIpc) is 3.05. The van der Waals surface area contributed by atoms with E-state index in [0.717, 1.165) is 24.3 Å². The number of hydrogen-bond donors (Lipinski definition) is 2. The van der Waals surface area contributed by atoms with Crippen molar-refractivity contribution < 1.29 is 8.81 Å². The average molecular weight is 553 g/mol. The largest absolute Gasteiger partial charge is 0.443 e. The summed E-state index contributed by atoms with van der Waals surface area (Å²) >= 11 is 3.21. The van der Waals surface area contributed by atoms with Gasteiger partial charge < -0.3 is 15.1 Å². The van der Waals surface area contributed by atoms with Crippen LogP contribution in [-0.4, -0.2) is 24.0 Å². The second-order valence-electron chi connectivity index (χ2n) is 6.99. The topological polar surface area (TPSA) is 62.5 Å². The van der Waals surface area contributed by atoms with Crippen molar-refractivity contribution in [2.24, 2.45) is 4.99 Å². The molecule has 0 unspecified atom stereocenters. The summed E-state index contributed by atoms with van der Waals surface area (Å²) in [5.74, 6) is 1.89. The van der Waals surface area contributed by atoms with Gasteiger partial charge in [-0.25, -0.2) is 14.4 Å². The van der Waals surface area contributed by atoms with Gasteiger partial charge >= 0.3 is 0 Å². The van der Waals surface area contributed by atoms with E-state index in [1.54, 1.807) is 18.3 Å². The lowest BCUT2D eigenvalue weighted by molar-refractivity contribution is 0.383. The summed E-state index contributed by atoms with van der Waals surface area (Å²) in [5, 5.41) is 6.47. The van der Waals surface area contributed by atoms with E-state index < -0.39 is 0 Å². The highest BCUT2D eigenvalue weighted by atomic mass is 127. The van der Waals surface area contributed by atoms with Crippen molar-refractivity contribution in [3.05, 3.63) is 51.9 Å². The molecule has 0 aliphatic heterocycles. The third-order valence-corrected chi connectivity index (χ3v) is 4.31. The fourth-order valence-electron chi connectivity index (χ4n) is 2.24. The van der Waals surface area contributed by atoms with E-state index in [9.17, 15) is 4.39 Å². The molecule has 150 valence electrons. The molecule has 0 aliphatic carbocycles. The van der Waals surface area contributed by atoms with Crippen LogP contribution < -0.4 is 10.6 Å². The zero-order chi connectivity index (χ0) is 19.2. The van der Waals surface area contributed by atoms with E-state index in [4.69, 9.17) is 4.42 Å². The van der Waals surface area contributed by atoms with Gasteiger partial charge in [0.05, 0.1) is 10.7 Å². The van der Waals surface area contributed by atoms with Gasteiger partial charge in [0.15, 0.2) is 5.96 Å². The van der Waals surface area contributed by atoms with Crippen molar-refractivity contribution >= 4 is 45.9 Å². The summed E-state index contributed by atoms with van der Waals surface area (Å²) < 4.78 is 19.5. The molecule has 0 radical (unpaired) electrons. The van der Waals surface area contributed by atoms with Crippen molar-refractivity contribution in [3.63, 3.8) is 0 Å². The number of aliphatic imine (C=N–C) groups is 1. The van der Waals surface area contributed by atoms with Crippen molar-refractivity contribution in [1.29, 1.82) is 0 Å². The highest BCUT2D eigenvalue weighted by Crippen LogP contribution is 2.22. The van der Waals surface area contributed by atoms with Crippen molar-refractivity contribution in [2.45, 2.75) is 46.1 Å². The molecule has 2 rings (SSSR count). The van der Waals surface area contributed by atoms with Gasteiger partial charge in [0.25, 0.3) is 0 Å². The maximum absolute atomic E-state index is 13.3.